The molecule has 2 aliphatic rings. The molecular formula is C10H18N2O2S. The van der Waals surface area contributed by atoms with Crippen LogP contribution in [-0.4, -0.2) is 34.7 Å². The highest BCUT2D eigenvalue weighted by atomic mass is 32.2. The van der Waals surface area contributed by atoms with Crippen molar-refractivity contribution in [2.75, 3.05) is 24.6 Å². The Morgan fingerprint density at radius 1 is 1.33 bits per heavy atom. The SMILES string of the molecule is CC1(C(=O)N=S2(=O)CCCNCC2)CC1. The van der Waals surface area contributed by atoms with Gasteiger partial charge in [0.25, 0.3) is 5.91 Å². The van der Waals surface area contributed by atoms with Crippen LogP contribution in [0.3, 0.4) is 0 Å². The van der Waals surface area contributed by atoms with Gasteiger partial charge in [0.15, 0.2) is 0 Å². The lowest BCUT2D eigenvalue weighted by molar-refractivity contribution is -0.122. The molecule has 1 heterocycles. The van der Waals surface area contributed by atoms with Gasteiger partial charge in [0.1, 0.15) is 0 Å². The first kappa shape index (κ1) is 11.1. The lowest BCUT2D eigenvalue weighted by Crippen LogP contribution is -2.20. The highest BCUT2D eigenvalue weighted by Gasteiger charge is 2.45. The van der Waals surface area contributed by atoms with E-state index in [0.717, 1.165) is 25.8 Å². The Bertz CT molecular complexity index is 365. The van der Waals surface area contributed by atoms with Crippen molar-refractivity contribution in [3.8, 4) is 0 Å². The van der Waals surface area contributed by atoms with Crippen molar-refractivity contribution in [1.82, 2.24) is 5.32 Å². The zero-order valence-electron chi connectivity index (χ0n) is 9.12. The summed E-state index contributed by atoms with van der Waals surface area (Å²) in [6.45, 7) is 3.51. The van der Waals surface area contributed by atoms with Crippen LogP contribution in [0.2, 0.25) is 0 Å². The molecule has 2 fully saturated rings. The van der Waals surface area contributed by atoms with Crippen molar-refractivity contribution >= 4 is 15.6 Å². The number of hydrogen-bond donors (Lipinski definition) is 1. The molecule has 4 nitrogen and oxygen atoms in total. The summed E-state index contributed by atoms with van der Waals surface area (Å²) in [5, 5.41) is 3.18. The Labute approximate surface area is 91.0 Å². The third-order valence-corrected chi connectivity index (χ3v) is 5.45. The molecule has 1 unspecified atom stereocenters. The van der Waals surface area contributed by atoms with Crippen molar-refractivity contribution in [1.29, 1.82) is 0 Å². The largest absolute Gasteiger partial charge is 0.316 e. The number of carbonyl (C=O) groups excluding carboxylic acids is 1. The summed E-state index contributed by atoms with van der Waals surface area (Å²) in [6, 6.07) is 0. The molecule has 0 radical (unpaired) electrons. The maximum atomic E-state index is 12.3. The van der Waals surface area contributed by atoms with Crippen molar-refractivity contribution in [2.24, 2.45) is 9.78 Å². The van der Waals surface area contributed by atoms with E-state index in [1.54, 1.807) is 0 Å². The van der Waals surface area contributed by atoms with E-state index in [4.69, 9.17) is 0 Å². The van der Waals surface area contributed by atoms with Gasteiger partial charge in [-0.05, 0) is 25.8 Å². The Morgan fingerprint density at radius 3 is 2.73 bits per heavy atom. The second kappa shape index (κ2) is 3.87. The van der Waals surface area contributed by atoms with Crippen molar-refractivity contribution < 1.29 is 9.00 Å². The third kappa shape index (κ3) is 2.58. The smallest absolute Gasteiger partial charge is 0.259 e. The first-order chi connectivity index (χ1) is 7.04. The van der Waals surface area contributed by atoms with Gasteiger partial charge in [0.05, 0.1) is 9.73 Å². The minimum absolute atomic E-state index is 0.130. The van der Waals surface area contributed by atoms with Gasteiger partial charge < -0.3 is 5.32 Å². The van der Waals surface area contributed by atoms with E-state index in [1.165, 1.54) is 0 Å². The van der Waals surface area contributed by atoms with Crippen LogP contribution < -0.4 is 5.32 Å². The molecule has 2 rings (SSSR count). The van der Waals surface area contributed by atoms with Gasteiger partial charge in [0, 0.05) is 23.5 Å². The van der Waals surface area contributed by atoms with Crippen LogP contribution in [-0.2, 0) is 14.5 Å². The van der Waals surface area contributed by atoms with E-state index in [2.05, 4.69) is 9.68 Å². The molecule has 1 N–H and O–H groups in total. The number of carbonyl (C=O) groups is 1. The predicted molar refractivity (Wildman–Crippen MR) is 60.1 cm³/mol. The topological polar surface area (TPSA) is 58.5 Å². The van der Waals surface area contributed by atoms with Crippen LogP contribution in [0, 0.1) is 5.41 Å². The first-order valence-electron chi connectivity index (χ1n) is 5.52. The summed E-state index contributed by atoms with van der Waals surface area (Å²) in [6.07, 6.45) is 2.67. The molecule has 0 bridgehead atoms. The normalized spacial score (nSPS) is 34.2. The van der Waals surface area contributed by atoms with Crippen molar-refractivity contribution in [3.63, 3.8) is 0 Å². The van der Waals surface area contributed by atoms with Gasteiger partial charge in [-0.1, -0.05) is 6.92 Å². The molecule has 0 spiro atoms. The quantitative estimate of drug-likeness (QED) is 0.724. The highest BCUT2D eigenvalue weighted by molar-refractivity contribution is 7.93. The van der Waals surface area contributed by atoms with Crippen LogP contribution in [0.25, 0.3) is 0 Å². The van der Waals surface area contributed by atoms with E-state index in [0.29, 0.717) is 18.1 Å². The van der Waals surface area contributed by atoms with Crippen LogP contribution >= 0.6 is 0 Å². The average molecular weight is 230 g/mol. The predicted octanol–water partition coefficient (Wildman–Crippen LogP) is 0.774. The van der Waals surface area contributed by atoms with Gasteiger partial charge in [-0.15, -0.1) is 0 Å². The first-order valence-corrected chi connectivity index (χ1v) is 7.37. The third-order valence-electron chi connectivity index (χ3n) is 3.18. The summed E-state index contributed by atoms with van der Waals surface area (Å²) >= 11 is 0. The molecule has 1 aliphatic carbocycles. The Balaban J connectivity index is 2.15. The molecule has 0 aromatic carbocycles. The van der Waals surface area contributed by atoms with E-state index in [-0.39, 0.29) is 11.3 Å². The zero-order valence-corrected chi connectivity index (χ0v) is 9.94. The van der Waals surface area contributed by atoms with Gasteiger partial charge >= 0.3 is 0 Å². The molecule has 1 amide bonds. The van der Waals surface area contributed by atoms with Gasteiger partial charge in [-0.25, -0.2) is 4.21 Å². The molecule has 15 heavy (non-hydrogen) atoms. The molecule has 1 atom stereocenters. The van der Waals surface area contributed by atoms with Gasteiger partial charge in [-0.3, -0.25) is 4.79 Å². The molecule has 1 saturated carbocycles. The molecule has 86 valence electrons. The van der Waals surface area contributed by atoms with E-state index >= 15 is 0 Å². The van der Waals surface area contributed by atoms with Crippen molar-refractivity contribution in [3.05, 3.63) is 0 Å². The van der Waals surface area contributed by atoms with E-state index in [1.807, 2.05) is 6.92 Å². The fourth-order valence-corrected chi connectivity index (χ4v) is 3.60. The molecule has 0 aromatic rings. The molecule has 0 aromatic heterocycles. The Hall–Kier alpha value is -0.420. The second-order valence-electron chi connectivity index (χ2n) is 4.74. The monoisotopic (exact) mass is 230 g/mol. The minimum atomic E-state index is -2.26. The van der Waals surface area contributed by atoms with Gasteiger partial charge in [0.2, 0.25) is 0 Å². The molecule has 1 saturated heterocycles. The second-order valence-corrected chi connectivity index (χ2v) is 7.29. The lowest BCUT2D eigenvalue weighted by Gasteiger charge is -2.07. The summed E-state index contributed by atoms with van der Waals surface area (Å²) in [4.78, 5) is 11.7. The van der Waals surface area contributed by atoms with Crippen LogP contribution in [0.1, 0.15) is 26.2 Å². The van der Waals surface area contributed by atoms with E-state index < -0.39 is 9.73 Å². The van der Waals surface area contributed by atoms with Crippen molar-refractivity contribution in [2.45, 2.75) is 26.2 Å². The Morgan fingerprint density at radius 2 is 2.07 bits per heavy atom. The molecular weight excluding hydrogens is 212 g/mol. The fraction of sp³-hybridized carbons (Fsp3) is 0.900. The maximum Gasteiger partial charge on any atom is 0.259 e. The summed E-state index contributed by atoms with van der Waals surface area (Å²) in [5.74, 6) is 0.964. The van der Waals surface area contributed by atoms with E-state index in [9.17, 15) is 9.00 Å². The lowest BCUT2D eigenvalue weighted by atomic mass is 10.1. The summed E-state index contributed by atoms with van der Waals surface area (Å²) < 4.78 is 16.3. The van der Waals surface area contributed by atoms with Gasteiger partial charge in [-0.2, -0.15) is 4.36 Å². The molecule has 5 heteroatoms. The number of nitrogens with zero attached hydrogens (tertiary/aromatic N) is 1. The zero-order chi connectivity index (χ0) is 10.9. The number of nitrogens with one attached hydrogen (secondary N) is 1. The maximum absolute atomic E-state index is 12.3. The molecule has 1 aliphatic heterocycles. The van der Waals surface area contributed by atoms with Crippen LogP contribution in [0.15, 0.2) is 4.36 Å². The van der Waals surface area contributed by atoms with Crippen LogP contribution in [0.4, 0.5) is 0 Å². The standard InChI is InChI=1S/C10H18N2O2S/c1-10(3-4-10)9(13)12-15(14)7-2-5-11-6-8-15/h11H,2-8H2,1H3. The summed E-state index contributed by atoms with van der Waals surface area (Å²) in [7, 11) is -2.26. The van der Waals surface area contributed by atoms with Crippen LogP contribution in [0.5, 0.6) is 0 Å². The highest BCUT2D eigenvalue weighted by Crippen LogP contribution is 2.46. The number of rotatable bonds is 1. The summed E-state index contributed by atoms with van der Waals surface area (Å²) in [5.41, 5.74) is -0.274. The fourth-order valence-electron chi connectivity index (χ4n) is 1.64. The minimum Gasteiger partial charge on any atom is -0.316 e. The number of amides is 1. The average Bonchev–Trinajstić information content (AvgIpc) is 2.93. The Kier molecular flexibility index (Phi) is 2.85. The number of hydrogen-bond acceptors (Lipinski definition) is 3.